The van der Waals surface area contributed by atoms with Gasteiger partial charge in [0.25, 0.3) is 0 Å². The average molecular weight is 251 g/mol. The molecule has 0 unspecified atom stereocenters. The normalized spacial score (nSPS) is 13.0. The molecule has 0 saturated heterocycles. The van der Waals surface area contributed by atoms with Gasteiger partial charge in [0.1, 0.15) is 0 Å². The molecule has 3 nitrogen and oxygen atoms in total. The Labute approximate surface area is 111 Å². The quantitative estimate of drug-likeness (QED) is 0.704. The van der Waals surface area contributed by atoms with Gasteiger partial charge in [0.2, 0.25) is 5.91 Å². The molecule has 1 atom stereocenters. The lowest BCUT2D eigenvalue weighted by atomic mass is 9.83. The van der Waals surface area contributed by atoms with Crippen LogP contribution in [0.25, 0.3) is 0 Å². The lowest BCUT2D eigenvalue weighted by molar-refractivity contribution is -0.141. The number of nitrogens with zero attached hydrogens (tertiary/aromatic N) is 1. The summed E-state index contributed by atoms with van der Waals surface area (Å²) in [6.45, 7) is 9.72. The van der Waals surface area contributed by atoms with E-state index in [1.807, 2.05) is 34.6 Å². The van der Waals surface area contributed by atoms with Crippen LogP contribution in [-0.2, 0) is 9.59 Å². The second-order valence-electron chi connectivity index (χ2n) is 6.15. The largest absolute Gasteiger partial charge is 0.335 e. The van der Waals surface area contributed by atoms with Crippen molar-refractivity contribution in [2.24, 2.45) is 11.3 Å². The van der Waals surface area contributed by atoms with Gasteiger partial charge in [-0.15, -0.1) is 6.42 Å². The minimum absolute atomic E-state index is 0.0442. The van der Waals surface area contributed by atoms with Gasteiger partial charge in [-0.3, -0.25) is 9.59 Å². The van der Waals surface area contributed by atoms with Crippen molar-refractivity contribution in [3.8, 4) is 12.3 Å². The molecule has 0 aliphatic rings. The Bertz CT molecular complexity index is 344. The summed E-state index contributed by atoms with van der Waals surface area (Å²) in [5, 5.41) is 0. The lowest BCUT2D eigenvalue weighted by Gasteiger charge is -2.32. The fraction of sp³-hybridized carbons (Fsp3) is 0.733. The van der Waals surface area contributed by atoms with Crippen LogP contribution in [0.4, 0.5) is 0 Å². The number of amides is 1. The number of terminal acetylenes is 1. The summed E-state index contributed by atoms with van der Waals surface area (Å²) >= 11 is 0. The van der Waals surface area contributed by atoms with E-state index in [0.29, 0.717) is 12.3 Å². The Balaban J connectivity index is 5.07. The summed E-state index contributed by atoms with van der Waals surface area (Å²) in [5.41, 5.74) is -0.454. The summed E-state index contributed by atoms with van der Waals surface area (Å²) in [6, 6.07) is -0.383. The second kappa shape index (κ2) is 6.58. The lowest BCUT2D eigenvalue weighted by Crippen LogP contribution is -2.47. The van der Waals surface area contributed by atoms with Crippen LogP contribution in [0.5, 0.6) is 0 Å². The van der Waals surface area contributed by atoms with Crippen molar-refractivity contribution in [2.75, 3.05) is 7.05 Å². The third-order valence-electron chi connectivity index (χ3n) is 2.85. The molecule has 18 heavy (non-hydrogen) atoms. The number of hydrogen-bond donors (Lipinski definition) is 0. The molecule has 0 saturated carbocycles. The molecule has 0 aromatic carbocycles. The number of Topliss-reactive ketones (excluding diaryl/α,β-unsaturated/α-hetero) is 1. The Morgan fingerprint density at radius 3 is 2.11 bits per heavy atom. The Morgan fingerprint density at radius 1 is 1.28 bits per heavy atom. The number of ketones is 1. The average Bonchev–Trinajstić information content (AvgIpc) is 2.22. The first-order valence-corrected chi connectivity index (χ1v) is 6.34. The molecule has 0 aromatic rings. The summed E-state index contributed by atoms with van der Waals surface area (Å²) in [4.78, 5) is 25.7. The standard InChI is InChI=1S/C15H25NO2/c1-8-9-13(17)16(7)12(10-11(2)3)14(18)15(4,5)6/h1,11-12H,9-10H2,2-7H3/t12-/m1/s1. The SMILES string of the molecule is C#CCC(=O)N(C)[C@H](CC(C)C)C(=O)C(C)(C)C. The highest BCUT2D eigenvalue weighted by Gasteiger charge is 2.34. The van der Waals surface area contributed by atoms with E-state index in [-0.39, 0.29) is 24.2 Å². The predicted molar refractivity (Wildman–Crippen MR) is 73.9 cm³/mol. The van der Waals surface area contributed by atoms with E-state index in [1.165, 1.54) is 4.90 Å². The molecule has 3 heteroatoms. The van der Waals surface area contributed by atoms with Gasteiger partial charge in [0.15, 0.2) is 5.78 Å². The van der Waals surface area contributed by atoms with Crippen LogP contribution >= 0.6 is 0 Å². The highest BCUT2D eigenvalue weighted by molar-refractivity contribution is 5.92. The third-order valence-corrected chi connectivity index (χ3v) is 2.85. The van der Waals surface area contributed by atoms with Crippen LogP contribution in [0.2, 0.25) is 0 Å². The maximum atomic E-state index is 12.4. The fourth-order valence-electron chi connectivity index (χ4n) is 1.77. The number of carbonyl (C=O) groups excluding carboxylic acids is 2. The summed E-state index contributed by atoms with van der Waals surface area (Å²) in [7, 11) is 1.66. The van der Waals surface area contributed by atoms with Gasteiger partial charge in [-0.1, -0.05) is 40.5 Å². The fourth-order valence-corrected chi connectivity index (χ4v) is 1.77. The van der Waals surface area contributed by atoms with Crippen LogP contribution in [0, 0.1) is 23.7 Å². The van der Waals surface area contributed by atoms with Gasteiger partial charge in [0.05, 0.1) is 12.5 Å². The smallest absolute Gasteiger partial charge is 0.234 e. The van der Waals surface area contributed by atoms with E-state index >= 15 is 0 Å². The molecule has 0 radical (unpaired) electrons. The molecule has 0 N–H and O–H groups in total. The van der Waals surface area contributed by atoms with Crippen LogP contribution in [0.1, 0.15) is 47.5 Å². The molecule has 0 bridgehead atoms. The minimum Gasteiger partial charge on any atom is -0.335 e. The Morgan fingerprint density at radius 2 is 1.78 bits per heavy atom. The molecule has 0 spiro atoms. The van der Waals surface area contributed by atoms with E-state index in [0.717, 1.165) is 0 Å². The summed E-state index contributed by atoms with van der Waals surface area (Å²) < 4.78 is 0. The van der Waals surface area contributed by atoms with E-state index < -0.39 is 5.41 Å². The topological polar surface area (TPSA) is 37.4 Å². The number of hydrogen-bond acceptors (Lipinski definition) is 2. The highest BCUT2D eigenvalue weighted by Crippen LogP contribution is 2.23. The maximum Gasteiger partial charge on any atom is 0.234 e. The number of likely N-dealkylation sites (N-methyl/N-ethyl adjacent to an activating group) is 1. The molecule has 0 aromatic heterocycles. The van der Waals surface area contributed by atoms with Crippen LogP contribution in [-0.4, -0.2) is 29.7 Å². The van der Waals surface area contributed by atoms with Gasteiger partial charge in [0, 0.05) is 12.5 Å². The molecule has 102 valence electrons. The molecule has 1 amide bonds. The van der Waals surface area contributed by atoms with Crippen molar-refractivity contribution >= 4 is 11.7 Å². The van der Waals surface area contributed by atoms with Gasteiger partial charge in [-0.25, -0.2) is 0 Å². The zero-order valence-corrected chi connectivity index (χ0v) is 12.4. The van der Waals surface area contributed by atoms with Crippen molar-refractivity contribution in [1.29, 1.82) is 0 Å². The van der Waals surface area contributed by atoms with Crippen LogP contribution in [0.15, 0.2) is 0 Å². The van der Waals surface area contributed by atoms with Gasteiger partial charge < -0.3 is 4.90 Å². The zero-order valence-electron chi connectivity index (χ0n) is 12.4. The second-order valence-corrected chi connectivity index (χ2v) is 6.15. The first-order valence-electron chi connectivity index (χ1n) is 6.34. The zero-order chi connectivity index (χ0) is 14.5. The molecule has 0 heterocycles. The van der Waals surface area contributed by atoms with Crippen molar-refractivity contribution in [2.45, 2.75) is 53.5 Å². The van der Waals surface area contributed by atoms with E-state index in [4.69, 9.17) is 6.42 Å². The van der Waals surface area contributed by atoms with E-state index in [9.17, 15) is 9.59 Å². The van der Waals surface area contributed by atoms with E-state index in [1.54, 1.807) is 7.05 Å². The molecular weight excluding hydrogens is 226 g/mol. The molecule has 0 aliphatic heterocycles. The monoisotopic (exact) mass is 251 g/mol. The Kier molecular flexibility index (Phi) is 6.11. The summed E-state index contributed by atoms with van der Waals surface area (Å²) in [6.07, 6.45) is 5.86. The predicted octanol–water partition coefficient (Wildman–Crippen LogP) is 2.50. The van der Waals surface area contributed by atoms with Gasteiger partial charge in [-0.05, 0) is 12.3 Å². The molecule has 0 aliphatic carbocycles. The molecule has 0 fully saturated rings. The van der Waals surface area contributed by atoms with Crippen molar-refractivity contribution in [3.05, 3.63) is 0 Å². The van der Waals surface area contributed by atoms with Crippen molar-refractivity contribution in [1.82, 2.24) is 4.90 Å². The van der Waals surface area contributed by atoms with Crippen LogP contribution in [0.3, 0.4) is 0 Å². The molecular formula is C15H25NO2. The number of carbonyl (C=O) groups is 2. The van der Waals surface area contributed by atoms with E-state index in [2.05, 4.69) is 5.92 Å². The Hall–Kier alpha value is -1.30. The van der Waals surface area contributed by atoms with Crippen molar-refractivity contribution in [3.63, 3.8) is 0 Å². The third kappa shape index (κ3) is 4.91. The first kappa shape index (κ1) is 16.7. The first-order chi connectivity index (χ1) is 8.11. The molecule has 0 rings (SSSR count). The summed E-state index contributed by atoms with van der Waals surface area (Å²) in [5.74, 6) is 2.60. The van der Waals surface area contributed by atoms with Gasteiger partial charge in [-0.2, -0.15) is 0 Å². The number of rotatable bonds is 5. The van der Waals surface area contributed by atoms with Gasteiger partial charge >= 0.3 is 0 Å². The van der Waals surface area contributed by atoms with Crippen molar-refractivity contribution < 1.29 is 9.59 Å². The van der Waals surface area contributed by atoms with Crippen LogP contribution < -0.4 is 0 Å². The highest BCUT2D eigenvalue weighted by atomic mass is 16.2. The maximum absolute atomic E-state index is 12.4. The minimum atomic E-state index is -0.454.